The minimum atomic E-state index is -1.00. The predicted molar refractivity (Wildman–Crippen MR) is 106 cm³/mol. The second-order valence-corrected chi connectivity index (χ2v) is 7.49. The molecule has 7 nitrogen and oxygen atoms in total. The van der Waals surface area contributed by atoms with Crippen molar-refractivity contribution in [3.05, 3.63) is 48.1 Å². The SMILES string of the molecule is C=CCONC(=O)[C@@H](NC(=O)C[C@@H]1CCC(=O)N1Cc1cccc(F)c1F)C(C)C. The maximum atomic E-state index is 14.0. The lowest BCUT2D eigenvalue weighted by atomic mass is 10.0. The van der Waals surface area contributed by atoms with E-state index in [9.17, 15) is 23.2 Å². The van der Waals surface area contributed by atoms with Crippen LogP contribution < -0.4 is 10.8 Å². The molecule has 0 bridgehead atoms. The zero-order valence-corrected chi connectivity index (χ0v) is 17.1. The molecule has 1 saturated heterocycles. The minimum absolute atomic E-state index is 0.0489. The Hall–Kier alpha value is -2.81. The number of benzene rings is 1. The lowest BCUT2D eigenvalue weighted by Gasteiger charge is -2.26. The van der Waals surface area contributed by atoms with Crippen LogP contribution in [-0.4, -0.2) is 41.3 Å². The van der Waals surface area contributed by atoms with Gasteiger partial charge in [0.1, 0.15) is 6.04 Å². The van der Waals surface area contributed by atoms with E-state index in [-0.39, 0.29) is 43.4 Å². The van der Waals surface area contributed by atoms with Gasteiger partial charge >= 0.3 is 0 Å². The highest BCUT2D eigenvalue weighted by molar-refractivity contribution is 5.88. The number of hydrogen-bond donors (Lipinski definition) is 2. The van der Waals surface area contributed by atoms with Crippen molar-refractivity contribution in [3.63, 3.8) is 0 Å². The Morgan fingerprint density at radius 3 is 2.77 bits per heavy atom. The third-order valence-electron chi connectivity index (χ3n) is 4.89. The fourth-order valence-corrected chi connectivity index (χ4v) is 3.29. The summed E-state index contributed by atoms with van der Waals surface area (Å²) in [5.74, 6) is -3.34. The minimum Gasteiger partial charge on any atom is -0.344 e. The van der Waals surface area contributed by atoms with Crippen LogP contribution in [0, 0.1) is 17.6 Å². The van der Waals surface area contributed by atoms with E-state index < -0.39 is 35.5 Å². The van der Waals surface area contributed by atoms with Gasteiger partial charge in [0.05, 0.1) is 6.61 Å². The first kappa shape index (κ1) is 23.5. The molecule has 2 atom stereocenters. The molecule has 1 aliphatic heterocycles. The molecule has 3 amide bonds. The third kappa shape index (κ3) is 6.09. The molecule has 1 aromatic rings. The van der Waals surface area contributed by atoms with Crippen molar-refractivity contribution in [1.82, 2.24) is 15.7 Å². The van der Waals surface area contributed by atoms with E-state index in [2.05, 4.69) is 17.4 Å². The second-order valence-electron chi connectivity index (χ2n) is 7.49. The average Bonchev–Trinajstić information content (AvgIpc) is 3.02. The summed E-state index contributed by atoms with van der Waals surface area (Å²) in [5, 5.41) is 2.66. The van der Waals surface area contributed by atoms with Gasteiger partial charge in [0.15, 0.2) is 11.6 Å². The molecule has 1 fully saturated rings. The molecular formula is C21H27F2N3O4. The monoisotopic (exact) mass is 423 g/mol. The Morgan fingerprint density at radius 1 is 1.37 bits per heavy atom. The first-order valence-electron chi connectivity index (χ1n) is 9.78. The molecule has 0 saturated carbocycles. The van der Waals surface area contributed by atoms with Crippen LogP contribution in [0.3, 0.4) is 0 Å². The van der Waals surface area contributed by atoms with Crippen LogP contribution in [0.2, 0.25) is 0 Å². The van der Waals surface area contributed by atoms with Gasteiger partial charge in [-0.1, -0.05) is 32.1 Å². The Morgan fingerprint density at radius 2 is 2.10 bits per heavy atom. The maximum Gasteiger partial charge on any atom is 0.266 e. The Labute approximate surface area is 174 Å². The van der Waals surface area contributed by atoms with E-state index in [1.165, 1.54) is 23.1 Å². The van der Waals surface area contributed by atoms with E-state index in [4.69, 9.17) is 4.84 Å². The summed E-state index contributed by atoms with van der Waals surface area (Å²) in [6.45, 7) is 7.03. The van der Waals surface area contributed by atoms with Crippen molar-refractivity contribution in [2.24, 2.45) is 5.92 Å². The molecule has 0 aliphatic carbocycles. The lowest BCUT2D eigenvalue weighted by molar-refractivity contribution is -0.139. The highest BCUT2D eigenvalue weighted by Gasteiger charge is 2.34. The van der Waals surface area contributed by atoms with Gasteiger partial charge in [-0.15, -0.1) is 6.58 Å². The van der Waals surface area contributed by atoms with Gasteiger partial charge in [0.2, 0.25) is 11.8 Å². The van der Waals surface area contributed by atoms with Crippen LogP contribution in [0.15, 0.2) is 30.9 Å². The molecule has 164 valence electrons. The molecule has 9 heteroatoms. The van der Waals surface area contributed by atoms with Gasteiger partial charge in [-0.3, -0.25) is 19.2 Å². The number of likely N-dealkylation sites (tertiary alicyclic amines) is 1. The molecule has 2 rings (SSSR count). The van der Waals surface area contributed by atoms with Gasteiger partial charge in [0, 0.05) is 31.0 Å². The largest absolute Gasteiger partial charge is 0.344 e. The Bertz CT molecular complexity index is 800. The molecule has 2 N–H and O–H groups in total. The number of halogens is 2. The van der Waals surface area contributed by atoms with E-state index in [0.29, 0.717) is 6.42 Å². The topological polar surface area (TPSA) is 87.7 Å². The number of carbonyl (C=O) groups excluding carboxylic acids is 3. The quantitative estimate of drug-likeness (QED) is 0.343. The number of hydrogen-bond acceptors (Lipinski definition) is 4. The van der Waals surface area contributed by atoms with E-state index in [1.54, 1.807) is 13.8 Å². The molecule has 0 aromatic heterocycles. The number of hydroxylamine groups is 1. The number of rotatable bonds is 10. The maximum absolute atomic E-state index is 14.0. The molecule has 0 radical (unpaired) electrons. The van der Waals surface area contributed by atoms with E-state index in [0.717, 1.165) is 6.07 Å². The smallest absolute Gasteiger partial charge is 0.266 e. The first-order valence-corrected chi connectivity index (χ1v) is 9.78. The summed E-state index contributed by atoms with van der Waals surface area (Å²) < 4.78 is 27.5. The Balaban J connectivity index is 2.01. The van der Waals surface area contributed by atoms with Crippen molar-refractivity contribution in [1.29, 1.82) is 0 Å². The normalized spacial score (nSPS) is 17.2. The van der Waals surface area contributed by atoms with Crippen LogP contribution in [-0.2, 0) is 25.8 Å². The van der Waals surface area contributed by atoms with Crippen molar-refractivity contribution >= 4 is 17.7 Å². The highest BCUT2D eigenvalue weighted by atomic mass is 19.2. The van der Waals surface area contributed by atoms with Crippen molar-refractivity contribution in [2.45, 2.75) is 51.7 Å². The van der Waals surface area contributed by atoms with Gasteiger partial charge in [-0.25, -0.2) is 14.3 Å². The van der Waals surface area contributed by atoms with Gasteiger partial charge < -0.3 is 10.2 Å². The zero-order chi connectivity index (χ0) is 22.3. The van der Waals surface area contributed by atoms with Crippen LogP contribution in [0.1, 0.15) is 38.7 Å². The molecule has 1 aromatic carbocycles. The molecule has 1 heterocycles. The van der Waals surface area contributed by atoms with Crippen LogP contribution in [0.5, 0.6) is 0 Å². The highest BCUT2D eigenvalue weighted by Crippen LogP contribution is 2.25. The number of amides is 3. The van der Waals surface area contributed by atoms with Crippen molar-refractivity contribution < 1.29 is 28.0 Å². The average molecular weight is 423 g/mol. The molecular weight excluding hydrogens is 396 g/mol. The Kier molecular flexibility index (Phi) is 8.46. The molecule has 30 heavy (non-hydrogen) atoms. The summed E-state index contributed by atoms with van der Waals surface area (Å²) >= 11 is 0. The van der Waals surface area contributed by atoms with E-state index >= 15 is 0 Å². The molecule has 0 unspecified atom stereocenters. The second kappa shape index (κ2) is 10.8. The lowest BCUT2D eigenvalue weighted by Crippen LogP contribution is -2.50. The summed E-state index contributed by atoms with van der Waals surface area (Å²) in [7, 11) is 0. The van der Waals surface area contributed by atoms with Crippen LogP contribution >= 0.6 is 0 Å². The predicted octanol–water partition coefficient (Wildman–Crippen LogP) is 2.22. The van der Waals surface area contributed by atoms with Crippen LogP contribution in [0.4, 0.5) is 8.78 Å². The first-order chi connectivity index (χ1) is 14.2. The summed E-state index contributed by atoms with van der Waals surface area (Å²) in [5.41, 5.74) is 2.31. The van der Waals surface area contributed by atoms with Crippen molar-refractivity contribution in [3.8, 4) is 0 Å². The summed E-state index contributed by atoms with van der Waals surface area (Å²) in [6, 6.07) is 2.49. The summed E-state index contributed by atoms with van der Waals surface area (Å²) in [4.78, 5) is 43.3. The van der Waals surface area contributed by atoms with Gasteiger partial charge in [-0.2, -0.15) is 0 Å². The van der Waals surface area contributed by atoms with Gasteiger partial charge in [0.25, 0.3) is 5.91 Å². The third-order valence-corrected chi connectivity index (χ3v) is 4.89. The number of nitrogens with one attached hydrogen (secondary N) is 2. The molecule has 1 aliphatic rings. The fraction of sp³-hybridized carbons (Fsp3) is 0.476. The fourth-order valence-electron chi connectivity index (χ4n) is 3.29. The van der Waals surface area contributed by atoms with Crippen LogP contribution in [0.25, 0.3) is 0 Å². The number of carbonyl (C=O) groups is 3. The zero-order valence-electron chi connectivity index (χ0n) is 17.1. The van der Waals surface area contributed by atoms with E-state index in [1.807, 2.05) is 0 Å². The number of nitrogens with zero attached hydrogens (tertiary/aromatic N) is 1. The standard InChI is InChI=1S/C21H27F2N3O4/c1-4-10-30-25-21(29)20(13(2)3)24-17(27)11-15-8-9-18(28)26(15)12-14-6-5-7-16(22)19(14)23/h4-7,13,15,20H,1,8-12H2,2-3H3,(H,24,27)(H,25,29)/t15-,20-/m0/s1. The summed E-state index contributed by atoms with van der Waals surface area (Å²) in [6.07, 6.45) is 2.06. The van der Waals surface area contributed by atoms with Gasteiger partial charge in [-0.05, 0) is 18.4 Å². The van der Waals surface area contributed by atoms with Crippen molar-refractivity contribution in [2.75, 3.05) is 6.61 Å². The molecule has 0 spiro atoms.